The number of carbonyl (C=O) groups is 1. The van der Waals surface area contributed by atoms with Crippen LogP contribution in [0, 0.1) is 0 Å². The predicted octanol–water partition coefficient (Wildman–Crippen LogP) is 1.84. The van der Waals surface area contributed by atoms with E-state index in [1.165, 1.54) is 45.5 Å². The quantitative estimate of drug-likeness (QED) is 0.580. The number of carboxylic acids is 1. The average Bonchev–Trinajstić information content (AvgIpc) is 2.68. The van der Waals surface area contributed by atoms with E-state index in [-0.39, 0.29) is 34.3 Å². The van der Waals surface area contributed by atoms with E-state index < -0.39 is 30.9 Å². The van der Waals surface area contributed by atoms with Crippen LogP contribution in [0.5, 0.6) is 11.5 Å². The van der Waals surface area contributed by atoms with Crippen molar-refractivity contribution in [1.29, 1.82) is 0 Å². The minimum Gasteiger partial charge on any atom is -0.495 e. The van der Waals surface area contributed by atoms with Crippen LogP contribution in [-0.4, -0.2) is 60.0 Å². The van der Waals surface area contributed by atoms with Crippen molar-refractivity contribution in [3.63, 3.8) is 0 Å². The van der Waals surface area contributed by atoms with E-state index in [1.807, 2.05) is 0 Å². The number of benzene rings is 2. The van der Waals surface area contributed by atoms with Crippen LogP contribution in [0.25, 0.3) is 0 Å². The molecule has 10 nitrogen and oxygen atoms in total. The zero-order valence-electron chi connectivity index (χ0n) is 16.7. The van der Waals surface area contributed by atoms with Gasteiger partial charge in [-0.3, -0.25) is 4.72 Å². The van der Waals surface area contributed by atoms with Crippen molar-refractivity contribution >= 4 is 31.7 Å². The zero-order valence-corrected chi connectivity index (χ0v) is 18.4. The maximum Gasteiger partial charge on any atom is 0.335 e. The molecule has 2 aromatic rings. The Kier molecular flexibility index (Phi) is 6.95. The lowest BCUT2D eigenvalue weighted by atomic mass is 10.2. The smallest absolute Gasteiger partial charge is 0.335 e. The summed E-state index contributed by atoms with van der Waals surface area (Å²) >= 11 is 0. The number of anilines is 1. The summed E-state index contributed by atoms with van der Waals surface area (Å²) in [7, 11) is -4.32. The summed E-state index contributed by atoms with van der Waals surface area (Å²) < 4.78 is 64.6. The van der Waals surface area contributed by atoms with Crippen molar-refractivity contribution < 1.29 is 36.2 Å². The molecule has 0 atom stereocenters. The number of methoxy groups -OCH3 is 1. The van der Waals surface area contributed by atoms with Gasteiger partial charge >= 0.3 is 5.97 Å². The van der Waals surface area contributed by atoms with Crippen LogP contribution in [0.1, 0.15) is 17.3 Å². The highest BCUT2D eigenvalue weighted by Crippen LogP contribution is 2.32. The van der Waals surface area contributed by atoms with Crippen LogP contribution < -0.4 is 14.2 Å². The molecule has 0 radical (unpaired) electrons. The number of rotatable bonds is 9. The molecule has 0 saturated heterocycles. The van der Waals surface area contributed by atoms with Crippen LogP contribution in [-0.2, 0) is 20.0 Å². The van der Waals surface area contributed by atoms with Crippen LogP contribution in [0.3, 0.4) is 0 Å². The predicted molar refractivity (Wildman–Crippen MR) is 109 cm³/mol. The standard InChI is InChI=1S/C18H22N2O8S2/c1-5-28-15-9-7-13(11-17(15)30(25,26)20(2)3)19-29(23,24)16-10-12(18(21)22)6-8-14(16)27-4/h6-11,19H,5H2,1-4H3,(H,21,22). The van der Waals surface area contributed by atoms with Crippen molar-refractivity contribution in [2.75, 3.05) is 32.5 Å². The van der Waals surface area contributed by atoms with E-state index >= 15 is 0 Å². The van der Waals surface area contributed by atoms with Gasteiger partial charge in [0.15, 0.2) is 0 Å². The molecule has 0 fully saturated rings. The van der Waals surface area contributed by atoms with Crippen LogP contribution >= 0.6 is 0 Å². The molecule has 0 spiro atoms. The van der Waals surface area contributed by atoms with Crippen LogP contribution in [0.15, 0.2) is 46.2 Å². The van der Waals surface area contributed by atoms with Gasteiger partial charge in [-0.05, 0) is 43.3 Å². The first kappa shape index (κ1) is 23.4. The Bertz CT molecular complexity index is 1160. The molecule has 0 aliphatic rings. The Hall–Kier alpha value is -2.83. The highest BCUT2D eigenvalue weighted by molar-refractivity contribution is 7.92. The zero-order chi connectivity index (χ0) is 22.7. The van der Waals surface area contributed by atoms with Crippen LogP contribution in [0.4, 0.5) is 5.69 Å². The second kappa shape index (κ2) is 8.90. The number of hydrogen-bond donors (Lipinski definition) is 2. The van der Waals surface area contributed by atoms with Gasteiger partial charge in [0.25, 0.3) is 10.0 Å². The van der Waals surface area contributed by atoms with Crippen molar-refractivity contribution in [1.82, 2.24) is 4.31 Å². The lowest BCUT2D eigenvalue weighted by Crippen LogP contribution is -2.23. The Labute approximate surface area is 175 Å². The highest BCUT2D eigenvalue weighted by Gasteiger charge is 2.26. The normalized spacial score (nSPS) is 11.9. The van der Waals surface area contributed by atoms with Gasteiger partial charge in [-0.2, -0.15) is 0 Å². The van der Waals surface area contributed by atoms with Crippen molar-refractivity contribution in [3.05, 3.63) is 42.0 Å². The maximum absolute atomic E-state index is 12.9. The number of aromatic carboxylic acids is 1. The van der Waals surface area contributed by atoms with Crippen molar-refractivity contribution in [2.24, 2.45) is 0 Å². The first-order valence-electron chi connectivity index (χ1n) is 8.57. The summed E-state index contributed by atoms with van der Waals surface area (Å²) in [4.78, 5) is 10.6. The minimum absolute atomic E-state index is 0.0540. The number of nitrogens with zero attached hydrogens (tertiary/aromatic N) is 1. The lowest BCUT2D eigenvalue weighted by Gasteiger charge is -2.17. The molecule has 2 aromatic carbocycles. The molecule has 0 aliphatic heterocycles. The molecule has 0 aromatic heterocycles. The SMILES string of the molecule is CCOc1ccc(NS(=O)(=O)c2cc(C(=O)O)ccc2OC)cc1S(=O)(=O)N(C)C. The second-order valence-electron chi connectivity index (χ2n) is 6.16. The fourth-order valence-electron chi connectivity index (χ4n) is 2.47. The Morgan fingerprint density at radius 3 is 2.20 bits per heavy atom. The van der Waals surface area contributed by atoms with E-state index in [0.717, 1.165) is 16.4 Å². The van der Waals surface area contributed by atoms with E-state index in [4.69, 9.17) is 14.6 Å². The first-order valence-corrected chi connectivity index (χ1v) is 11.5. The largest absolute Gasteiger partial charge is 0.495 e. The summed E-state index contributed by atoms with van der Waals surface area (Å²) in [5.41, 5.74) is -0.305. The summed E-state index contributed by atoms with van der Waals surface area (Å²) in [6, 6.07) is 7.19. The Morgan fingerprint density at radius 1 is 1.03 bits per heavy atom. The molecule has 0 aliphatic carbocycles. The number of sulfonamides is 2. The van der Waals surface area contributed by atoms with Crippen LogP contribution in [0.2, 0.25) is 0 Å². The molecule has 0 unspecified atom stereocenters. The third-order valence-corrected chi connectivity index (χ3v) is 7.19. The molecule has 30 heavy (non-hydrogen) atoms. The molecule has 0 amide bonds. The Balaban J connectivity index is 2.57. The molecule has 12 heteroatoms. The van der Waals surface area contributed by atoms with E-state index in [1.54, 1.807) is 6.92 Å². The third-order valence-electron chi connectivity index (χ3n) is 3.95. The summed E-state index contributed by atoms with van der Waals surface area (Å²) in [5.74, 6) is -1.31. The average molecular weight is 459 g/mol. The molecular weight excluding hydrogens is 436 g/mol. The molecule has 0 heterocycles. The molecule has 0 saturated carbocycles. The summed E-state index contributed by atoms with van der Waals surface area (Å²) in [6.45, 7) is 1.89. The van der Waals surface area contributed by atoms with Crippen molar-refractivity contribution in [2.45, 2.75) is 16.7 Å². The van der Waals surface area contributed by atoms with Crippen molar-refractivity contribution in [3.8, 4) is 11.5 Å². The fraction of sp³-hybridized carbons (Fsp3) is 0.278. The highest BCUT2D eigenvalue weighted by atomic mass is 32.2. The number of ether oxygens (including phenoxy) is 2. The van der Waals surface area contributed by atoms with Gasteiger partial charge in [-0.15, -0.1) is 0 Å². The van der Waals surface area contributed by atoms with Gasteiger partial charge in [0.1, 0.15) is 21.3 Å². The molecule has 2 N–H and O–H groups in total. The molecule has 2 rings (SSSR count). The summed E-state index contributed by atoms with van der Waals surface area (Å²) in [6.07, 6.45) is 0. The van der Waals surface area contributed by atoms with Gasteiger partial charge < -0.3 is 14.6 Å². The first-order chi connectivity index (χ1) is 13.9. The summed E-state index contributed by atoms with van der Waals surface area (Å²) in [5, 5.41) is 9.15. The van der Waals surface area contributed by atoms with Gasteiger partial charge in [-0.1, -0.05) is 0 Å². The monoisotopic (exact) mass is 458 g/mol. The number of carboxylic acid groups (broad SMARTS) is 1. The molecule has 0 bridgehead atoms. The molecular formula is C18H22N2O8S2. The number of hydrogen-bond acceptors (Lipinski definition) is 7. The minimum atomic E-state index is -4.31. The van der Waals surface area contributed by atoms with E-state index in [9.17, 15) is 21.6 Å². The van der Waals surface area contributed by atoms with Gasteiger partial charge in [0.05, 0.1) is 25.0 Å². The lowest BCUT2D eigenvalue weighted by molar-refractivity contribution is 0.0696. The second-order valence-corrected chi connectivity index (χ2v) is 9.93. The van der Waals surface area contributed by atoms with E-state index in [0.29, 0.717) is 0 Å². The van der Waals surface area contributed by atoms with Gasteiger partial charge in [-0.25, -0.2) is 25.9 Å². The van der Waals surface area contributed by atoms with E-state index in [2.05, 4.69) is 4.72 Å². The molecule has 164 valence electrons. The van der Waals surface area contributed by atoms with Gasteiger partial charge in [0, 0.05) is 14.1 Å². The fourth-order valence-corrected chi connectivity index (χ4v) is 4.77. The van der Waals surface area contributed by atoms with Gasteiger partial charge in [0.2, 0.25) is 10.0 Å². The third kappa shape index (κ3) is 4.83. The Morgan fingerprint density at radius 2 is 1.67 bits per heavy atom. The maximum atomic E-state index is 12.9. The number of nitrogens with one attached hydrogen (secondary N) is 1. The topological polar surface area (TPSA) is 139 Å².